The van der Waals surface area contributed by atoms with Crippen LogP contribution < -0.4 is 10.6 Å². The summed E-state index contributed by atoms with van der Waals surface area (Å²) in [6.45, 7) is 3.75. The number of carbonyl (C=O) groups excluding carboxylic acids is 2. The fraction of sp³-hybridized carbons (Fsp3) is 0.333. The molecule has 25 heavy (non-hydrogen) atoms. The molecule has 2 N–H and O–H groups in total. The second kappa shape index (κ2) is 7.29. The molecule has 1 aliphatic rings. The summed E-state index contributed by atoms with van der Waals surface area (Å²) in [6, 6.07) is 7.31. The van der Waals surface area contributed by atoms with Crippen LogP contribution in [0.4, 0.5) is 11.6 Å². The lowest BCUT2D eigenvalue weighted by Gasteiger charge is -2.15. The minimum atomic E-state index is -0.450. The third-order valence-corrected chi connectivity index (χ3v) is 4.07. The highest BCUT2D eigenvalue weighted by atomic mass is 16.5. The van der Waals surface area contributed by atoms with Gasteiger partial charge in [0.2, 0.25) is 11.9 Å². The largest absolute Gasteiger partial charge is 0.462 e. The molecule has 7 heteroatoms. The number of carbonyl (C=O) groups is 2. The molecule has 0 aliphatic carbocycles. The van der Waals surface area contributed by atoms with Gasteiger partial charge in [-0.1, -0.05) is 18.2 Å². The predicted octanol–water partition coefficient (Wildman–Crippen LogP) is 2.33. The summed E-state index contributed by atoms with van der Waals surface area (Å²) in [5.74, 6) is -0.258. The van der Waals surface area contributed by atoms with Gasteiger partial charge in [0, 0.05) is 11.9 Å². The molecule has 0 radical (unpaired) electrons. The lowest BCUT2D eigenvalue weighted by atomic mass is 10.1. The van der Waals surface area contributed by atoms with E-state index < -0.39 is 12.0 Å². The van der Waals surface area contributed by atoms with Gasteiger partial charge in [0.25, 0.3) is 0 Å². The lowest BCUT2D eigenvalue weighted by Crippen LogP contribution is -2.34. The first-order chi connectivity index (χ1) is 12.1. The Morgan fingerprint density at radius 3 is 2.96 bits per heavy atom. The van der Waals surface area contributed by atoms with Gasteiger partial charge in [-0.3, -0.25) is 4.79 Å². The van der Waals surface area contributed by atoms with E-state index in [1.165, 1.54) is 6.20 Å². The Morgan fingerprint density at radius 1 is 1.40 bits per heavy atom. The number of rotatable bonds is 4. The van der Waals surface area contributed by atoms with E-state index >= 15 is 0 Å². The number of hydrogen-bond donors (Lipinski definition) is 2. The molecule has 1 aromatic heterocycles. The Kier molecular flexibility index (Phi) is 4.92. The Morgan fingerprint density at radius 2 is 2.20 bits per heavy atom. The molecule has 1 aliphatic heterocycles. The van der Waals surface area contributed by atoms with E-state index in [0.29, 0.717) is 30.2 Å². The lowest BCUT2D eigenvalue weighted by molar-refractivity contribution is -0.116. The number of para-hydroxylation sites is 1. The highest BCUT2D eigenvalue weighted by Gasteiger charge is 2.24. The molecule has 1 atom stereocenters. The summed E-state index contributed by atoms with van der Waals surface area (Å²) >= 11 is 0. The Labute approximate surface area is 145 Å². The SMILES string of the molecule is CCOC(=O)c1cnc(N[C@H]2CCc3ccccc3NC2=O)nc1C. The van der Waals surface area contributed by atoms with Crippen molar-refractivity contribution < 1.29 is 14.3 Å². The molecule has 0 unspecified atom stereocenters. The maximum absolute atomic E-state index is 12.4. The second-order valence-electron chi connectivity index (χ2n) is 5.80. The number of benzene rings is 1. The van der Waals surface area contributed by atoms with Crippen LogP contribution in [0.5, 0.6) is 0 Å². The van der Waals surface area contributed by atoms with Gasteiger partial charge in [0.1, 0.15) is 6.04 Å². The molecule has 0 spiro atoms. The van der Waals surface area contributed by atoms with Crippen molar-refractivity contribution in [2.24, 2.45) is 0 Å². The molecule has 7 nitrogen and oxygen atoms in total. The number of nitrogens with zero attached hydrogens (tertiary/aromatic N) is 2. The number of nitrogens with one attached hydrogen (secondary N) is 2. The van der Waals surface area contributed by atoms with E-state index in [9.17, 15) is 9.59 Å². The van der Waals surface area contributed by atoms with E-state index in [0.717, 1.165) is 17.7 Å². The minimum absolute atomic E-state index is 0.124. The molecular weight excluding hydrogens is 320 g/mol. The Balaban J connectivity index is 1.73. The summed E-state index contributed by atoms with van der Waals surface area (Å²) < 4.78 is 4.96. The van der Waals surface area contributed by atoms with E-state index in [4.69, 9.17) is 4.74 Å². The topological polar surface area (TPSA) is 93.2 Å². The second-order valence-corrected chi connectivity index (χ2v) is 5.80. The van der Waals surface area contributed by atoms with Crippen LogP contribution in [0.1, 0.15) is 35.0 Å². The summed E-state index contributed by atoms with van der Waals surface area (Å²) in [4.78, 5) is 32.7. The standard InChI is InChI=1S/C18H20N4O3/c1-3-25-17(24)13-10-19-18(20-11(13)2)22-15-9-8-12-6-4-5-7-14(12)21-16(15)23/h4-7,10,15H,3,8-9H2,1-2H3,(H,21,23)(H,19,20,22)/t15-/m0/s1. The third kappa shape index (κ3) is 3.76. The number of hydrogen-bond acceptors (Lipinski definition) is 6. The molecule has 2 aromatic rings. The van der Waals surface area contributed by atoms with Gasteiger partial charge in [-0.15, -0.1) is 0 Å². The minimum Gasteiger partial charge on any atom is -0.462 e. The van der Waals surface area contributed by atoms with E-state index in [2.05, 4.69) is 20.6 Å². The number of amides is 1. The van der Waals surface area contributed by atoms with Gasteiger partial charge in [-0.25, -0.2) is 14.8 Å². The molecule has 0 saturated carbocycles. The summed E-state index contributed by atoms with van der Waals surface area (Å²) in [7, 11) is 0. The zero-order valence-electron chi connectivity index (χ0n) is 14.2. The molecule has 0 bridgehead atoms. The first kappa shape index (κ1) is 16.9. The van der Waals surface area contributed by atoms with E-state index in [1.54, 1.807) is 13.8 Å². The van der Waals surface area contributed by atoms with Crippen molar-refractivity contribution in [2.75, 3.05) is 17.2 Å². The average Bonchev–Trinajstić information content (AvgIpc) is 2.74. The molecule has 0 saturated heterocycles. The van der Waals surface area contributed by atoms with E-state index in [1.807, 2.05) is 24.3 Å². The maximum Gasteiger partial charge on any atom is 0.341 e. The Bertz CT molecular complexity index is 807. The molecule has 3 rings (SSSR count). The number of fused-ring (bicyclic) bond motifs is 1. The molecular formula is C18H20N4O3. The smallest absolute Gasteiger partial charge is 0.341 e. The average molecular weight is 340 g/mol. The number of aromatic nitrogens is 2. The van der Waals surface area contributed by atoms with Crippen LogP contribution in [0.3, 0.4) is 0 Å². The maximum atomic E-state index is 12.4. The monoisotopic (exact) mass is 340 g/mol. The highest BCUT2D eigenvalue weighted by molar-refractivity contribution is 5.97. The molecule has 1 aromatic carbocycles. The van der Waals surface area contributed by atoms with Gasteiger partial charge in [0.15, 0.2) is 0 Å². The molecule has 0 fully saturated rings. The van der Waals surface area contributed by atoms with Crippen molar-refractivity contribution in [3.05, 3.63) is 47.3 Å². The summed E-state index contributed by atoms with van der Waals surface area (Å²) in [5, 5.41) is 5.98. The number of aryl methyl sites for hydroxylation is 2. The third-order valence-electron chi connectivity index (χ3n) is 4.07. The van der Waals surface area contributed by atoms with Crippen molar-refractivity contribution in [2.45, 2.75) is 32.7 Å². The van der Waals surface area contributed by atoms with Crippen LogP contribution in [-0.2, 0) is 16.0 Å². The van der Waals surface area contributed by atoms with Crippen molar-refractivity contribution in [3.63, 3.8) is 0 Å². The summed E-state index contributed by atoms with van der Waals surface area (Å²) in [5.41, 5.74) is 2.78. The van der Waals surface area contributed by atoms with Crippen LogP contribution in [0, 0.1) is 6.92 Å². The van der Waals surface area contributed by atoms with Crippen molar-refractivity contribution in [1.29, 1.82) is 0 Å². The van der Waals surface area contributed by atoms with Crippen LogP contribution >= 0.6 is 0 Å². The van der Waals surface area contributed by atoms with Crippen LogP contribution in [-0.4, -0.2) is 34.5 Å². The van der Waals surface area contributed by atoms with Crippen LogP contribution in [0.15, 0.2) is 30.5 Å². The van der Waals surface area contributed by atoms with Gasteiger partial charge in [0.05, 0.1) is 17.9 Å². The Hall–Kier alpha value is -2.96. The first-order valence-electron chi connectivity index (χ1n) is 8.24. The molecule has 1 amide bonds. The quantitative estimate of drug-likeness (QED) is 0.830. The predicted molar refractivity (Wildman–Crippen MR) is 93.5 cm³/mol. The van der Waals surface area contributed by atoms with E-state index in [-0.39, 0.29) is 5.91 Å². The first-order valence-corrected chi connectivity index (χ1v) is 8.24. The molecule has 2 heterocycles. The number of ether oxygens (including phenoxy) is 1. The van der Waals surface area contributed by atoms with Gasteiger partial charge in [-0.2, -0.15) is 0 Å². The molecule has 130 valence electrons. The summed E-state index contributed by atoms with van der Waals surface area (Å²) in [6.07, 6.45) is 2.82. The van der Waals surface area contributed by atoms with Crippen molar-refractivity contribution >= 4 is 23.5 Å². The van der Waals surface area contributed by atoms with Crippen LogP contribution in [0.25, 0.3) is 0 Å². The van der Waals surface area contributed by atoms with Gasteiger partial charge < -0.3 is 15.4 Å². The zero-order chi connectivity index (χ0) is 17.8. The fourth-order valence-corrected chi connectivity index (χ4v) is 2.75. The van der Waals surface area contributed by atoms with Crippen molar-refractivity contribution in [1.82, 2.24) is 9.97 Å². The van der Waals surface area contributed by atoms with Crippen LogP contribution in [0.2, 0.25) is 0 Å². The van der Waals surface area contributed by atoms with Crippen molar-refractivity contribution in [3.8, 4) is 0 Å². The fourth-order valence-electron chi connectivity index (χ4n) is 2.75. The van der Waals surface area contributed by atoms with Gasteiger partial charge >= 0.3 is 5.97 Å². The number of anilines is 2. The zero-order valence-corrected chi connectivity index (χ0v) is 14.2. The van der Waals surface area contributed by atoms with Gasteiger partial charge in [-0.05, 0) is 38.3 Å². The normalized spacial score (nSPS) is 16.4. The number of esters is 1. The highest BCUT2D eigenvalue weighted by Crippen LogP contribution is 2.22.